The van der Waals surface area contributed by atoms with Gasteiger partial charge in [-0.15, -0.1) is 11.8 Å². The van der Waals surface area contributed by atoms with E-state index in [0.29, 0.717) is 13.1 Å². The monoisotopic (exact) mass is 400 g/mol. The summed E-state index contributed by atoms with van der Waals surface area (Å²) in [5.41, 5.74) is 1.16. The van der Waals surface area contributed by atoms with Gasteiger partial charge < -0.3 is 10.1 Å². The van der Waals surface area contributed by atoms with Crippen molar-refractivity contribution in [2.75, 3.05) is 25.4 Å². The van der Waals surface area contributed by atoms with Crippen molar-refractivity contribution in [2.45, 2.75) is 44.0 Å². The molecule has 1 aromatic rings. The third-order valence-electron chi connectivity index (χ3n) is 4.15. The van der Waals surface area contributed by atoms with Crippen LogP contribution in [0.2, 0.25) is 0 Å². The second kappa shape index (κ2) is 9.73. The Labute approximate surface area is 160 Å². The normalized spacial score (nSPS) is 22.7. The number of carbonyl (C=O) groups is 1. The Morgan fingerprint density at radius 1 is 1.27 bits per heavy atom. The maximum atomic E-state index is 12.5. The number of morpholine rings is 1. The summed E-state index contributed by atoms with van der Waals surface area (Å²) in [6.45, 7) is 6.42. The van der Waals surface area contributed by atoms with Gasteiger partial charge in [-0.05, 0) is 26.3 Å². The van der Waals surface area contributed by atoms with Gasteiger partial charge in [-0.2, -0.15) is 4.31 Å². The molecule has 6 nitrogen and oxygen atoms in total. The van der Waals surface area contributed by atoms with E-state index in [4.69, 9.17) is 4.74 Å². The van der Waals surface area contributed by atoms with Crippen molar-refractivity contribution in [3.8, 4) is 0 Å². The highest BCUT2D eigenvalue weighted by atomic mass is 32.2. The van der Waals surface area contributed by atoms with Crippen molar-refractivity contribution in [2.24, 2.45) is 0 Å². The van der Waals surface area contributed by atoms with Gasteiger partial charge >= 0.3 is 0 Å². The van der Waals surface area contributed by atoms with E-state index in [1.165, 1.54) is 16.1 Å². The molecule has 1 amide bonds. The van der Waals surface area contributed by atoms with Crippen LogP contribution >= 0.6 is 11.8 Å². The summed E-state index contributed by atoms with van der Waals surface area (Å²) >= 11 is 1.54. The lowest BCUT2D eigenvalue weighted by Gasteiger charge is -2.34. The van der Waals surface area contributed by atoms with E-state index >= 15 is 0 Å². The van der Waals surface area contributed by atoms with Crippen LogP contribution in [0.15, 0.2) is 30.3 Å². The quantitative estimate of drug-likeness (QED) is 0.721. The Morgan fingerprint density at radius 3 is 2.50 bits per heavy atom. The topological polar surface area (TPSA) is 75.7 Å². The average molecular weight is 401 g/mol. The minimum Gasteiger partial charge on any atom is -0.373 e. The van der Waals surface area contributed by atoms with Gasteiger partial charge in [-0.1, -0.05) is 30.3 Å². The molecule has 0 saturated carbocycles. The molecule has 1 fully saturated rings. The summed E-state index contributed by atoms with van der Waals surface area (Å²) in [4.78, 5) is 12.2. The van der Waals surface area contributed by atoms with E-state index in [2.05, 4.69) is 5.32 Å². The number of hydrogen-bond acceptors (Lipinski definition) is 5. The number of nitrogens with one attached hydrogen (secondary N) is 1. The van der Waals surface area contributed by atoms with Crippen LogP contribution in [0.25, 0.3) is 0 Å². The van der Waals surface area contributed by atoms with Crippen molar-refractivity contribution < 1.29 is 17.9 Å². The van der Waals surface area contributed by atoms with E-state index in [0.717, 1.165) is 11.3 Å². The Bertz CT molecular complexity index is 672. The van der Waals surface area contributed by atoms with Crippen LogP contribution in [0.3, 0.4) is 0 Å². The van der Waals surface area contributed by atoms with E-state index in [1.54, 1.807) is 0 Å². The van der Waals surface area contributed by atoms with E-state index in [9.17, 15) is 13.2 Å². The first-order valence-corrected chi connectivity index (χ1v) is 11.5. The molecule has 26 heavy (non-hydrogen) atoms. The van der Waals surface area contributed by atoms with Crippen molar-refractivity contribution in [1.29, 1.82) is 0 Å². The molecule has 0 aliphatic carbocycles. The highest BCUT2D eigenvalue weighted by molar-refractivity contribution is 7.99. The van der Waals surface area contributed by atoms with E-state index in [-0.39, 0.29) is 35.7 Å². The molecule has 1 aromatic carbocycles. The second-order valence-electron chi connectivity index (χ2n) is 6.62. The summed E-state index contributed by atoms with van der Waals surface area (Å²) in [6, 6.07) is 9.95. The molecule has 0 spiro atoms. The summed E-state index contributed by atoms with van der Waals surface area (Å²) < 4.78 is 31.9. The molecule has 8 heteroatoms. The predicted octanol–water partition coefficient (Wildman–Crippen LogP) is 1.86. The first-order chi connectivity index (χ1) is 12.3. The van der Waals surface area contributed by atoms with Crippen LogP contribution in [0.4, 0.5) is 0 Å². The zero-order valence-electron chi connectivity index (χ0n) is 15.6. The van der Waals surface area contributed by atoms with E-state index < -0.39 is 10.0 Å². The lowest BCUT2D eigenvalue weighted by molar-refractivity contribution is -0.120. The van der Waals surface area contributed by atoms with Crippen molar-refractivity contribution in [3.05, 3.63) is 35.9 Å². The maximum Gasteiger partial charge on any atom is 0.232 e. The van der Waals surface area contributed by atoms with Gasteiger partial charge in [0, 0.05) is 25.4 Å². The van der Waals surface area contributed by atoms with Gasteiger partial charge in [0.1, 0.15) is 0 Å². The second-order valence-corrected chi connectivity index (χ2v) is 10.0. The molecule has 0 unspecified atom stereocenters. The summed E-state index contributed by atoms with van der Waals surface area (Å²) in [7, 11) is -3.39. The van der Waals surface area contributed by atoms with Crippen LogP contribution in [0.5, 0.6) is 0 Å². The third-order valence-corrected chi connectivity index (χ3v) is 7.17. The SMILES string of the molecule is C[C@@H]1CN(S(=O)(=O)CCNC(=O)[C@@H](C)SCc2ccccc2)C[C@H](C)O1. The summed E-state index contributed by atoms with van der Waals surface area (Å²) in [6.07, 6.45) is -0.227. The van der Waals surface area contributed by atoms with Crippen LogP contribution in [-0.2, 0) is 25.3 Å². The lowest BCUT2D eigenvalue weighted by Crippen LogP contribution is -2.49. The van der Waals surface area contributed by atoms with Gasteiger partial charge in [0.25, 0.3) is 0 Å². The summed E-state index contributed by atoms with van der Waals surface area (Å²) in [5, 5.41) is 2.50. The first-order valence-electron chi connectivity index (χ1n) is 8.84. The van der Waals surface area contributed by atoms with Gasteiger partial charge in [-0.3, -0.25) is 4.79 Å². The Hall–Kier alpha value is -1.09. The van der Waals surface area contributed by atoms with Crippen molar-refractivity contribution >= 4 is 27.7 Å². The molecule has 0 radical (unpaired) electrons. The number of hydrogen-bond donors (Lipinski definition) is 1. The Kier molecular flexibility index (Phi) is 7.94. The predicted molar refractivity (Wildman–Crippen MR) is 106 cm³/mol. The molecule has 1 saturated heterocycles. The molecule has 1 aliphatic rings. The van der Waals surface area contributed by atoms with Gasteiger partial charge in [0.2, 0.25) is 15.9 Å². The number of amides is 1. The zero-order valence-corrected chi connectivity index (χ0v) is 17.2. The number of thioether (sulfide) groups is 1. The number of benzene rings is 1. The Morgan fingerprint density at radius 2 is 1.88 bits per heavy atom. The van der Waals surface area contributed by atoms with Gasteiger partial charge in [0.15, 0.2) is 0 Å². The van der Waals surface area contributed by atoms with Crippen LogP contribution in [-0.4, -0.2) is 61.5 Å². The van der Waals surface area contributed by atoms with Crippen LogP contribution in [0, 0.1) is 0 Å². The van der Waals surface area contributed by atoms with Gasteiger partial charge in [-0.25, -0.2) is 8.42 Å². The zero-order chi connectivity index (χ0) is 19.2. The molecule has 2 rings (SSSR count). The Balaban J connectivity index is 1.74. The number of carbonyl (C=O) groups excluding carboxylic acids is 1. The van der Waals surface area contributed by atoms with Crippen molar-refractivity contribution in [1.82, 2.24) is 9.62 Å². The fourth-order valence-corrected chi connectivity index (χ4v) is 5.17. The van der Waals surface area contributed by atoms with Crippen LogP contribution in [0.1, 0.15) is 26.3 Å². The highest BCUT2D eigenvalue weighted by Crippen LogP contribution is 2.18. The standard InChI is InChI=1S/C18H28N2O4S2/c1-14-11-20(12-15(2)24-14)26(22,23)10-9-19-18(21)16(3)25-13-17-7-5-4-6-8-17/h4-8,14-16H,9-13H2,1-3H3,(H,19,21)/t14-,15+,16-/m1/s1. The third kappa shape index (κ3) is 6.57. The molecule has 0 aromatic heterocycles. The maximum absolute atomic E-state index is 12.5. The molecule has 1 heterocycles. The van der Waals surface area contributed by atoms with Gasteiger partial charge in [0.05, 0.1) is 23.2 Å². The largest absolute Gasteiger partial charge is 0.373 e. The first kappa shape index (κ1) is 21.2. The molecular weight excluding hydrogens is 372 g/mol. The smallest absolute Gasteiger partial charge is 0.232 e. The van der Waals surface area contributed by atoms with Crippen molar-refractivity contribution in [3.63, 3.8) is 0 Å². The van der Waals surface area contributed by atoms with Crippen LogP contribution < -0.4 is 5.32 Å². The molecule has 1 N–H and O–H groups in total. The molecule has 1 aliphatic heterocycles. The number of nitrogens with zero attached hydrogens (tertiary/aromatic N) is 1. The number of rotatable bonds is 8. The fourth-order valence-electron chi connectivity index (χ4n) is 2.81. The molecule has 146 valence electrons. The minimum absolute atomic E-state index is 0.0890. The number of ether oxygens (including phenoxy) is 1. The van der Waals surface area contributed by atoms with E-state index in [1.807, 2.05) is 51.1 Å². The fraction of sp³-hybridized carbons (Fsp3) is 0.611. The summed E-state index contributed by atoms with van der Waals surface area (Å²) in [5.74, 6) is 0.524. The number of sulfonamides is 1. The molecular formula is C18H28N2O4S2. The highest BCUT2D eigenvalue weighted by Gasteiger charge is 2.30. The molecule has 3 atom stereocenters. The average Bonchev–Trinajstić information content (AvgIpc) is 2.59. The lowest BCUT2D eigenvalue weighted by atomic mass is 10.2. The molecule has 0 bridgehead atoms. The minimum atomic E-state index is -3.39.